The normalized spacial score (nSPS) is 15.7. The molecule has 4 N–H and O–H groups in total. The summed E-state index contributed by atoms with van der Waals surface area (Å²) in [5.74, 6) is 0. The molecule has 4 rings (SSSR count). The average molecular weight is 282 g/mol. The quantitative estimate of drug-likeness (QED) is 0.674. The minimum absolute atomic E-state index is 0.741. The van der Waals surface area contributed by atoms with Gasteiger partial charge in [-0.3, -0.25) is 5.10 Å². The highest BCUT2D eigenvalue weighted by atomic mass is 15.2. The second-order valence-corrected chi connectivity index (χ2v) is 5.51. The summed E-state index contributed by atoms with van der Waals surface area (Å²) < 4.78 is 0. The molecule has 1 fully saturated rings. The number of pyridine rings is 1. The Kier molecular flexibility index (Phi) is 2.80. The fourth-order valence-corrected chi connectivity index (χ4v) is 3.17. The molecule has 0 atom stereocenters. The number of nitrogens with one attached hydrogen (secondary N) is 2. The predicted molar refractivity (Wildman–Crippen MR) is 84.2 cm³/mol. The lowest BCUT2D eigenvalue weighted by molar-refractivity contribution is 0.579. The maximum absolute atomic E-state index is 6.26. The Bertz CT molecular complexity index is 752. The van der Waals surface area contributed by atoms with Crippen LogP contribution in [0.1, 0.15) is 19.3 Å². The zero-order valence-corrected chi connectivity index (χ0v) is 11.8. The van der Waals surface area contributed by atoms with Crippen molar-refractivity contribution in [1.82, 2.24) is 20.2 Å². The maximum atomic E-state index is 6.26. The van der Waals surface area contributed by atoms with Gasteiger partial charge in [-0.25, -0.2) is 4.98 Å². The van der Waals surface area contributed by atoms with E-state index >= 15 is 0 Å². The van der Waals surface area contributed by atoms with E-state index in [1.54, 1.807) is 12.4 Å². The molecule has 3 aromatic heterocycles. The zero-order chi connectivity index (χ0) is 14.2. The number of aromatic nitrogens is 4. The molecule has 0 aliphatic carbocycles. The van der Waals surface area contributed by atoms with Crippen LogP contribution in [0.4, 0.5) is 11.4 Å². The van der Waals surface area contributed by atoms with Gasteiger partial charge in [0, 0.05) is 31.0 Å². The van der Waals surface area contributed by atoms with Gasteiger partial charge in [-0.15, -0.1) is 0 Å². The Labute approximate surface area is 122 Å². The summed E-state index contributed by atoms with van der Waals surface area (Å²) in [6.07, 6.45) is 9.21. The van der Waals surface area contributed by atoms with Gasteiger partial charge >= 0.3 is 0 Å². The minimum Gasteiger partial charge on any atom is -0.396 e. The molecule has 0 saturated carbocycles. The number of piperidine rings is 1. The second-order valence-electron chi connectivity index (χ2n) is 5.51. The summed E-state index contributed by atoms with van der Waals surface area (Å²) in [6, 6.07) is 1.96. The first kappa shape index (κ1) is 12.3. The van der Waals surface area contributed by atoms with E-state index < -0.39 is 0 Å². The number of hydrogen-bond donors (Lipinski definition) is 3. The Morgan fingerprint density at radius 2 is 2.05 bits per heavy atom. The molecule has 0 amide bonds. The molecule has 1 aliphatic rings. The molecule has 1 aliphatic heterocycles. The Balaban J connectivity index is 1.95. The van der Waals surface area contributed by atoms with Crippen LogP contribution < -0.4 is 10.6 Å². The van der Waals surface area contributed by atoms with Crippen LogP contribution in [0.2, 0.25) is 0 Å². The number of aromatic amines is 2. The number of nitrogen functional groups attached to an aromatic ring is 1. The third kappa shape index (κ3) is 1.94. The highest BCUT2D eigenvalue weighted by Gasteiger charge is 2.21. The van der Waals surface area contributed by atoms with Gasteiger partial charge < -0.3 is 15.6 Å². The van der Waals surface area contributed by atoms with Crippen LogP contribution in [0.25, 0.3) is 22.3 Å². The number of fused-ring (bicyclic) bond motifs is 1. The lowest BCUT2D eigenvalue weighted by atomic mass is 10.1. The van der Waals surface area contributed by atoms with E-state index in [2.05, 4.69) is 25.1 Å². The zero-order valence-electron chi connectivity index (χ0n) is 11.8. The molecule has 21 heavy (non-hydrogen) atoms. The van der Waals surface area contributed by atoms with Crippen LogP contribution in [0, 0.1) is 0 Å². The van der Waals surface area contributed by atoms with Gasteiger partial charge in [0.25, 0.3) is 0 Å². The molecule has 0 unspecified atom stereocenters. The van der Waals surface area contributed by atoms with Gasteiger partial charge in [0.1, 0.15) is 5.65 Å². The van der Waals surface area contributed by atoms with Gasteiger partial charge in [0.15, 0.2) is 0 Å². The van der Waals surface area contributed by atoms with Crippen molar-refractivity contribution in [3.8, 4) is 11.3 Å². The van der Waals surface area contributed by atoms with Crippen molar-refractivity contribution < 1.29 is 0 Å². The van der Waals surface area contributed by atoms with Crippen molar-refractivity contribution in [3.63, 3.8) is 0 Å². The maximum Gasteiger partial charge on any atom is 0.140 e. The highest BCUT2D eigenvalue weighted by Crippen LogP contribution is 2.38. The predicted octanol–water partition coefficient (Wildman–Crippen LogP) is 2.53. The fourth-order valence-electron chi connectivity index (χ4n) is 3.17. The number of nitrogens with two attached hydrogens (primary N) is 1. The Hall–Kier alpha value is -2.50. The molecule has 3 aromatic rings. The smallest absolute Gasteiger partial charge is 0.140 e. The molecule has 0 spiro atoms. The molecule has 6 nitrogen and oxygen atoms in total. The van der Waals surface area contributed by atoms with Crippen LogP contribution in [0.15, 0.2) is 24.7 Å². The summed E-state index contributed by atoms with van der Waals surface area (Å²) >= 11 is 0. The van der Waals surface area contributed by atoms with E-state index in [1.165, 1.54) is 19.3 Å². The topological polar surface area (TPSA) is 86.6 Å². The van der Waals surface area contributed by atoms with Crippen molar-refractivity contribution in [3.05, 3.63) is 24.7 Å². The molecule has 1 saturated heterocycles. The standard InChI is InChI=1S/C15H18N6/c16-11-9-18-15-13(14(11)21-6-2-1-3-7-21)10(8-17-15)12-4-5-19-20-12/h4-5,8-9H,1-3,6-7,16H2,(H,17,18)(H,19,20). The van der Waals surface area contributed by atoms with E-state index in [-0.39, 0.29) is 0 Å². The summed E-state index contributed by atoms with van der Waals surface area (Å²) in [7, 11) is 0. The Morgan fingerprint density at radius 1 is 1.19 bits per heavy atom. The summed E-state index contributed by atoms with van der Waals surface area (Å²) in [5, 5.41) is 8.15. The van der Waals surface area contributed by atoms with E-state index in [1.807, 2.05) is 12.3 Å². The van der Waals surface area contributed by atoms with Crippen LogP contribution in [-0.4, -0.2) is 33.3 Å². The molecule has 0 radical (unpaired) electrons. The summed E-state index contributed by atoms with van der Waals surface area (Å²) in [6.45, 7) is 2.10. The molecule has 4 heterocycles. The van der Waals surface area contributed by atoms with Gasteiger partial charge in [0.2, 0.25) is 0 Å². The van der Waals surface area contributed by atoms with E-state index in [4.69, 9.17) is 5.73 Å². The fraction of sp³-hybridized carbons (Fsp3) is 0.333. The van der Waals surface area contributed by atoms with Crippen molar-refractivity contribution in [2.24, 2.45) is 0 Å². The second kappa shape index (κ2) is 4.80. The van der Waals surface area contributed by atoms with E-state index in [0.717, 1.165) is 46.8 Å². The third-order valence-electron chi connectivity index (χ3n) is 4.17. The van der Waals surface area contributed by atoms with Crippen LogP contribution in [-0.2, 0) is 0 Å². The van der Waals surface area contributed by atoms with Crippen molar-refractivity contribution >= 4 is 22.4 Å². The van der Waals surface area contributed by atoms with Crippen molar-refractivity contribution in [1.29, 1.82) is 0 Å². The molecular formula is C15H18N6. The van der Waals surface area contributed by atoms with Gasteiger partial charge in [-0.1, -0.05) is 0 Å². The van der Waals surface area contributed by atoms with E-state index in [0.29, 0.717) is 0 Å². The monoisotopic (exact) mass is 282 g/mol. The largest absolute Gasteiger partial charge is 0.396 e. The first-order valence-corrected chi connectivity index (χ1v) is 7.35. The molecule has 6 heteroatoms. The highest BCUT2D eigenvalue weighted by molar-refractivity contribution is 6.05. The van der Waals surface area contributed by atoms with Gasteiger partial charge in [-0.05, 0) is 25.3 Å². The van der Waals surface area contributed by atoms with Crippen LogP contribution >= 0.6 is 0 Å². The number of hydrogen-bond acceptors (Lipinski definition) is 4. The third-order valence-corrected chi connectivity index (χ3v) is 4.17. The number of H-pyrrole nitrogens is 2. The van der Waals surface area contributed by atoms with Gasteiger partial charge in [0.05, 0.1) is 28.7 Å². The first-order valence-electron chi connectivity index (χ1n) is 7.35. The summed E-state index contributed by atoms with van der Waals surface area (Å²) in [5.41, 5.74) is 11.0. The van der Waals surface area contributed by atoms with Crippen LogP contribution in [0.3, 0.4) is 0 Å². The lowest BCUT2D eigenvalue weighted by Crippen LogP contribution is -2.30. The number of rotatable bonds is 2. The van der Waals surface area contributed by atoms with Crippen molar-refractivity contribution in [2.75, 3.05) is 23.7 Å². The molecule has 0 aromatic carbocycles. The molecular weight excluding hydrogens is 264 g/mol. The molecule has 0 bridgehead atoms. The van der Waals surface area contributed by atoms with Gasteiger partial charge in [-0.2, -0.15) is 5.10 Å². The SMILES string of the molecule is Nc1cnc2[nH]cc(-c3ccn[nH]3)c2c1N1CCCCC1. The Morgan fingerprint density at radius 3 is 2.81 bits per heavy atom. The average Bonchev–Trinajstić information content (AvgIpc) is 3.16. The minimum atomic E-state index is 0.741. The van der Waals surface area contributed by atoms with E-state index in [9.17, 15) is 0 Å². The van der Waals surface area contributed by atoms with Crippen molar-refractivity contribution in [2.45, 2.75) is 19.3 Å². The number of anilines is 2. The lowest BCUT2D eigenvalue weighted by Gasteiger charge is -2.30. The molecule has 108 valence electrons. The number of nitrogens with zero attached hydrogens (tertiary/aromatic N) is 3. The summed E-state index contributed by atoms with van der Waals surface area (Å²) in [4.78, 5) is 10.1. The first-order chi connectivity index (χ1) is 10.3. The van der Waals surface area contributed by atoms with Crippen LogP contribution in [0.5, 0.6) is 0 Å².